The molecule has 1 aliphatic heterocycles. The molecule has 0 spiro atoms. The first-order valence-electron chi connectivity index (χ1n) is 6.80. The zero-order chi connectivity index (χ0) is 13.1. The molecule has 0 bridgehead atoms. The van der Waals surface area contributed by atoms with Crippen LogP contribution < -0.4 is 4.74 Å². The van der Waals surface area contributed by atoms with Crippen molar-refractivity contribution in [1.82, 2.24) is 0 Å². The van der Waals surface area contributed by atoms with Gasteiger partial charge in [0, 0.05) is 18.1 Å². The molecule has 0 saturated heterocycles. The first kappa shape index (κ1) is 12.2. The van der Waals surface area contributed by atoms with E-state index in [1.165, 1.54) is 16.7 Å². The van der Waals surface area contributed by atoms with E-state index in [4.69, 9.17) is 9.84 Å². The van der Waals surface area contributed by atoms with E-state index >= 15 is 0 Å². The van der Waals surface area contributed by atoms with E-state index in [1.54, 1.807) is 0 Å². The first-order valence-corrected chi connectivity index (χ1v) is 6.80. The van der Waals surface area contributed by atoms with E-state index in [9.17, 15) is 0 Å². The molecule has 1 aliphatic rings. The Morgan fingerprint density at radius 3 is 2.74 bits per heavy atom. The molecule has 2 aromatic rings. The standard InChI is InChI=1S/C17H18O2/c18-10-8-13-6-7-17-16(12-13)15(9-11-19-17)14-4-2-1-3-5-14/h1-7,12,15,18H,8-11H2. The molecule has 2 heteroatoms. The number of ether oxygens (including phenoxy) is 1. The second kappa shape index (κ2) is 5.45. The van der Waals surface area contributed by atoms with E-state index in [0.29, 0.717) is 12.3 Å². The molecule has 98 valence electrons. The highest BCUT2D eigenvalue weighted by Crippen LogP contribution is 2.38. The van der Waals surface area contributed by atoms with Crippen molar-refractivity contribution in [2.75, 3.05) is 13.2 Å². The minimum Gasteiger partial charge on any atom is -0.493 e. The van der Waals surface area contributed by atoms with Crippen LogP contribution in [0.4, 0.5) is 0 Å². The Morgan fingerprint density at radius 1 is 1.11 bits per heavy atom. The first-order chi connectivity index (χ1) is 9.38. The van der Waals surface area contributed by atoms with Crippen LogP contribution in [-0.4, -0.2) is 18.3 Å². The third kappa shape index (κ3) is 2.49. The van der Waals surface area contributed by atoms with Crippen molar-refractivity contribution in [3.8, 4) is 5.75 Å². The van der Waals surface area contributed by atoms with Crippen molar-refractivity contribution < 1.29 is 9.84 Å². The van der Waals surface area contributed by atoms with Crippen molar-refractivity contribution in [2.45, 2.75) is 18.8 Å². The highest BCUT2D eigenvalue weighted by Gasteiger charge is 2.23. The van der Waals surface area contributed by atoms with Crippen molar-refractivity contribution in [3.05, 3.63) is 65.2 Å². The molecule has 2 aromatic carbocycles. The van der Waals surface area contributed by atoms with E-state index in [0.717, 1.165) is 18.8 Å². The molecule has 0 fully saturated rings. The lowest BCUT2D eigenvalue weighted by Crippen LogP contribution is -2.15. The van der Waals surface area contributed by atoms with Crippen LogP contribution in [-0.2, 0) is 6.42 Å². The van der Waals surface area contributed by atoms with Crippen LogP contribution in [0.3, 0.4) is 0 Å². The van der Waals surface area contributed by atoms with E-state index in [2.05, 4.69) is 30.3 Å². The molecule has 2 nitrogen and oxygen atoms in total. The van der Waals surface area contributed by atoms with Crippen molar-refractivity contribution in [3.63, 3.8) is 0 Å². The van der Waals surface area contributed by atoms with Gasteiger partial charge in [0.15, 0.2) is 0 Å². The van der Waals surface area contributed by atoms with Gasteiger partial charge < -0.3 is 9.84 Å². The van der Waals surface area contributed by atoms with Gasteiger partial charge in [0.25, 0.3) is 0 Å². The van der Waals surface area contributed by atoms with Crippen LogP contribution in [0.5, 0.6) is 5.75 Å². The summed E-state index contributed by atoms with van der Waals surface area (Å²) in [4.78, 5) is 0. The number of aliphatic hydroxyl groups is 1. The topological polar surface area (TPSA) is 29.5 Å². The van der Waals surface area contributed by atoms with Gasteiger partial charge in [-0.1, -0.05) is 42.5 Å². The fourth-order valence-corrected chi connectivity index (χ4v) is 2.76. The summed E-state index contributed by atoms with van der Waals surface area (Å²) in [6.07, 6.45) is 1.72. The predicted molar refractivity (Wildman–Crippen MR) is 75.6 cm³/mol. The lowest BCUT2D eigenvalue weighted by molar-refractivity contribution is 0.276. The van der Waals surface area contributed by atoms with Gasteiger partial charge in [0.05, 0.1) is 6.61 Å². The van der Waals surface area contributed by atoms with Crippen LogP contribution in [0.25, 0.3) is 0 Å². The Morgan fingerprint density at radius 2 is 1.95 bits per heavy atom. The molecular formula is C17H18O2. The maximum absolute atomic E-state index is 9.08. The highest BCUT2D eigenvalue weighted by molar-refractivity contribution is 5.45. The summed E-state index contributed by atoms with van der Waals surface area (Å²) >= 11 is 0. The molecular weight excluding hydrogens is 236 g/mol. The van der Waals surface area contributed by atoms with Crippen molar-refractivity contribution in [2.24, 2.45) is 0 Å². The van der Waals surface area contributed by atoms with Gasteiger partial charge in [0.1, 0.15) is 5.75 Å². The van der Waals surface area contributed by atoms with Crippen LogP contribution in [0.15, 0.2) is 48.5 Å². The van der Waals surface area contributed by atoms with Gasteiger partial charge >= 0.3 is 0 Å². The van der Waals surface area contributed by atoms with Gasteiger partial charge in [-0.15, -0.1) is 0 Å². The van der Waals surface area contributed by atoms with Crippen LogP contribution in [0.2, 0.25) is 0 Å². The van der Waals surface area contributed by atoms with Crippen molar-refractivity contribution in [1.29, 1.82) is 0 Å². The molecule has 0 aliphatic carbocycles. The minimum atomic E-state index is 0.190. The minimum absolute atomic E-state index is 0.190. The molecule has 0 saturated carbocycles. The SMILES string of the molecule is OCCc1ccc2c(c1)C(c1ccccc1)CCO2. The van der Waals surface area contributed by atoms with Gasteiger partial charge in [0.2, 0.25) is 0 Å². The monoisotopic (exact) mass is 254 g/mol. The molecule has 0 amide bonds. The van der Waals surface area contributed by atoms with Crippen molar-refractivity contribution >= 4 is 0 Å². The van der Waals surface area contributed by atoms with E-state index in [-0.39, 0.29) is 6.61 Å². The number of hydrogen-bond acceptors (Lipinski definition) is 2. The Balaban J connectivity index is 2.00. The quantitative estimate of drug-likeness (QED) is 0.911. The molecule has 0 radical (unpaired) electrons. The zero-order valence-electron chi connectivity index (χ0n) is 10.9. The van der Waals surface area contributed by atoms with Gasteiger partial charge in [-0.25, -0.2) is 0 Å². The number of benzene rings is 2. The van der Waals surface area contributed by atoms with E-state index < -0.39 is 0 Å². The fourth-order valence-electron chi connectivity index (χ4n) is 2.76. The summed E-state index contributed by atoms with van der Waals surface area (Å²) in [5.74, 6) is 1.39. The van der Waals surface area contributed by atoms with E-state index in [1.807, 2.05) is 18.2 Å². The number of rotatable bonds is 3. The maximum atomic E-state index is 9.08. The molecule has 3 rings (SSSR count). The van der Waals surface area contributed by atoms with Gasteiger partial charge in [-0.2, -0.15) is 0 Å². The van der Waals surface area contributed by atoms with Crippen LogP contribution >= 0.6 is 0 Å². The third-order valence-electron chi connectivity index (χ3n) is 3.72. The Labute approximate surface area is 113 Å². The normalized spacial score (nSPS) is 17.6. The summed E-state index contributed by atoms with van der Waals surface area (Å²) in [7, 11) is 0. The molecule has 19 heavy (non-hydrogen) atoms. The van der Waals surface area contributed by atoms with Crippen LogP contribution in [0, 0.1) is 0 Å². The highest BCUT2D eigenvalue weighted by atomic mass is 16.5. The molecule has 1 N–H and O–H groups in total. The molecule has 1 atom stereocenters. The Kier molecular flexibility index (Phi) is 3.51. The maximum Gasteiger partial charge on any atom is 0.123 e. The smallest absolute Gasteiger partial charge is 0.123 e. The summed E-state index contributed by atoms with van der Waals surface area (Å²) in [6, 6.07) is 16.8. The molecule has 1 heterocycles. The van der Waals surface area contributed by atoms with Gasteiger partial charge in [-0.3, -0.25) is 0 Å². The lowest BCUT2D eigenvalue weighted by Gasteiger charge is -2.27. The summed E-state index contributed by atoms with van der Waals surface area (Å²) in [6.45, 7) is 0.960. The lowest BCUT2D eigenvalue weighted by atomic mass is 9.86. The average Bonchev–Trinajstić information content (AvgIpc) is 2.48. The second-order valence-corrected chi connectivity index (χ2v) is 4.95. The predicted octanol–water partition coefficient (Wildman–Crippen LogP) is 3.14. The Bertz CT molecular complexity index is 548. The summed E-state index contributed by atoms with van der Waals surface area (Å²) in [5.41, 5.74) is 3.77. The number of aliphatic hydroxyl groups excluding tert-OH is 1. The number of fused-ring (bicyclic) bond motifs is 1. The third-order valence-corrected chi connectivity index (χ3v) is 3.72. The zero-order valence-corrected chi connectivity index (χ0v) is 10.9. The molecule has 0 aromatic heterocycles. The Hall–Kier alpha value is -1.80. The van der Waals surface area contributed by atoms with Crippen LogP contribution in [0.1, 0.15) is 29.0 Å². The van der Waals surface area contributed by atoms with Gasteiger partial charge in [-0.05, 0) is 30.0 Å². The largest absolute Gasteiger partial charge is 0.493 e. The number of hydrogen-bond donors (Lipinski definition) is 1. The second-order valence-electron chi connectivity index (χ2n) is 4.95. The summed E-state index contributed by atoms with van der Waals surface area (Å²) in [5, 5.41) is 9.08. The molecule has 1 unspecified atom stereocenters. The summed E-state index contributed by atoms with van der Waals surface area (Å²) < 4.78 is 5.75. The fraction of sp³-hybridized carbons (Fsp3) is 0.294. The average molecular weight is 254 g/mol.